The molecule has 8 heteroatoms. The lowest BCUT2D eigenvalue weighted by molar-refractivity contribution is 0.685. The number of nitrogens with one attached hydrogen (secondary N) is 1. The van der Waals surface area contributed by atoms with Gasteiger partial charge in [-0.25, -0.2) is 0 Å². The molecule has 1 N–H and O–H groups in total. The average Bonchev–Trinajstić information content (AvgIpc) is 2.71. The van der Waals surface area contributed by atoms with Crippen molar-refractivity contribution in [3.63, 3.8) is 0 Å². The number of hydrogen-bond donors (Lipinski definition) is 1. The molecule has 0 spiro atoms. The van der Waals surface area contributed by atoms with E-state index in [0.29, 0.717) is 23.2 Å². The zero-order valence-corrected chi connectivity index (χ0v) is 10.8. The van der Waals surface area contributed by atoms with E-state index in [4.69, 9.17) is 11.6 Å². The van der Waals surface area contributed by atoms with E-state index in [1.54, 1.807) is 16.8 Å². The van der Waals surface area contributed by atoms with Crippen molar-refractivity contribution in [1.29, 1.82) is 0 Å². The molecule has 1 atom stereocenters. The molecule has 0 saturated heterocycles. The monoisotopic (exact) mass is 273 g/mol. The third-order valence-corrected chi connectivity index (χ3v) is 3.19. The van der Waals surface area contributed by atoms with Crippen LogP contribution in [-0.4, -0.2) is 42.3 Å². The summed E-state index contributed by atoms with van der Waals surface area (Å²) in [6, 6.07) is 1.69. The molecule has 92 valence electrons. The standard InChI is InChI=1S/C9H12ClN5OS/c1-17(16)4-2-3-11-8-5-7(10)14-9-12-6-13-15(8)9/h5-6,11H,2-4H2,1H3. The second kappa shape index (κ2) is 5.42. The second-order valence-electron chi connectivity index (χ2n) is 3.49. The fourth-order valence-corrected chi connectivity index (χ4v) is 2.13. The summed E-state index contributed by atoms with van der Waals surface area (Å²) < 4.78 is 12.5. The Morgan fingerprint density at radius 3 is 3.18 bits per heavy atom. The predicted molar refractivity (Wildman–Crippen MR) is 67.8 cm³/mol. The Bertz CT molecular complexity index is 543. The van der Waals surface area contributed by atoms with Crippen LogP contribution in [0.3, 0.4) is 0 Å². The highest BCUT2D eigenvalue weighted by molar-refractivity contribution is 7.84. The van der Waals surface area contributed by atoms with Gasteiger partial charge in [0.25, 0.3) is 5.78 Å². The first-order valence-electron chi connectivity index (χ1n) is 5.07. The molecular weight excluding hydrogens is 262 g/mol. The summed E-state index contributed by atoms with van der Waals surface area (Å²) in [6.45, 7) is 0.703. The predicted octanol–water partition coefficient (Wildman–Crippen LogP) is 0.958. The molecule has 6 nitrogen and oxygen atoms in total. The number of fused-ring (bicyclic) bond motifs is 1. The van der Waals surface area contributed by atoms with Gasteiger partial charge in [0.1, 0.15) is 17.3 Å². The Balaban J connectivity index is 2.07. The second-order valence-corrected chi connectivity index (χ2v) is 5.44. The molecule has 0 radical (unpaired) electrons. The summed E-state index contributed by atoms with van der Waals surface area (Å²) in [7, 11) is -0.760. The summed E-state index contributed by atoms with van der Waals surface area (Å²) >= 11 is 5.86. The lowest BCUT2D eigenvalue weighted by Crippen LogP contribution is -2.10. The number of rotatable bonds is 5. The molecule has 0 aliphatic rings. The SMILES string of the molecule is CS(=O)CCCNc1cc(Cl)nc2ncnn12. The molecule has 2 heterocycles. The first-order valence-corrected chi connectivity index (χ1v) is 7.17. The van der Waals surface area contributed by atoms with E-state index in [-0.39, 0.29) is 0 Å². The van der Waals surface area contributed by atoms with E-state index in [1.807, 2.05) is 0 Å². The molecule has 0 aromatic carbocycles. The van der Waals surface area contributed by atoms with Crippen LogP contribution in [0, 0.1) is 0 Å². The van der Waals surface area contributed by atoms with Gasteiger partial charge in [-0.2, -0.15) is 19.6 Å². The molecule has 17 heavy (non-hydrogen) atoms. The van der Waals surface area contributed by atoms with Crippen LogP contribution in [0.15, 0.2) is 12.4 Å². The number of hydrogen-bond acceptors (Lipinski definition) is 5. The normalized spacial score (nSPS) is 12.8. The lowest BCUT2D eigenvalue weighted by atomic mass is 10.4. The van der Waals surface area contributed by atoms with Crippen molar-refractivity contribution >= 4 is 34.0 Å². The molecule has 0 aliphatic carbocycles. The van der Waals surface area contributed by atoms with E-state index in [1.165, 1.54) is 6.33 Å². The smallest absolute Gasteiger partial charge is 0.255 e. The third kappa shape index (κ3) is 3.13. The summed E-state index contributed by atoms with van der Waals surface area (Å²) in [6.07, 6.45) is 3.93. The van der Waals surface area contributed by atoms with E-state index >= 15 is 0 Å². The summed E-state index contributed by atoms with van der Waals surface area (Å²) in [5.41, 5.74) is 0. The van der Waals surface area contributed by atoms with Crippen LogP contribution in [0.25, 0.3) is 5.78 Å². The van der Waals surface area contributed by atoms with Crippen LogP contribution in [-0.2, 0) is 10.8 Å². The van der Waals surface area contributed by atoms with Crippen molar-refractivity contribution < 1.29 is 4.21 Å². The van der Waals surface area contributed by atoms with Gasteiger partial charge < -0.3 is 5.32 Å². The van der Waals surface area contributed by atoms with Gasteiger partial charge in [-0.1, -0.05) is 11.6 Å². The quantitative estimate of drug-likeness (QED) is 0.649. The minimum absolute atomic E-state index is 0.368. The number of halogens is 1. The van der Waals surface area contributed by atoms with Crippen LogP contribution in [0.5, 0.6) is 0 Å². The molecule has 2 rings (SSSR count). The first-order chi connectivity index (χ1) is 8.16. The van der Waals surface area contributed by atoms with Gasteiger partial charge in [0, 0.05) is 35.4 Å². The molecular formula is C9H12ClN5OS. The van der Waals surface area contributed by atoms with Crippen LogP contribution in [0.4, 0.5) is 5.82 Å². The van der Waals surface area contributed by atoms with E-state index < -0.39 is 10.8 Å². The van der Waals surface area contributed by atoms with Crippen LogP contribution >= 0.6 is 11.6 Å². The molecule has 0 amide bonds. The summed E-state index contributed by atoms with van der Waals surface area (Å²) in [4.78, 5) is 7.98. The zero-order chi connectivity index (χ0) is 12.3. The van der Waals surface area contributed by atoms with Crippen molar-refractivity contribution in [2.24, 2.45) is 0 Å². The van der Waals surface area contributed by atoms with Crippen molar-refractivity contribution in [1.82, 2.24) is 19.6 Å². The molecule has 1 unspecified atom stereocenters. The highest BCUT2D eigenvalue weighted by Gasteiger charge is 2.05. The topological polar surface area (TPSA) is 72.2 Å². The Morgan fingerprint density at radius 2 is 2.41 bits per heavy atom. The van der Waals surface area contributed by atoms with Crippen molar-refractivity contribution in [2.45, 2.75) is 6.42 Å². The Labute approximate surface area is 106 Å². The van der Waals surface area contributed by atoms with Crippen molar-refractivity contribution in [3.05, 3.63) is 17.5 Å². The van der Waals surface area contributed by atoms with Gasteiger partial charge in [-0.15, -0.1) is 0 Å². The molecule has 0 aliphatic heterocycles. The maximum atomic E-state index is 10.9. The summed E-state index contributed by atoms with van der Waals surface area (Å²) in [5.74, 6) is 1.87. The van der Waals surface area contributed by atoms with E-state index in [0.717, 1.165) is 12.2 Å². The lowest BCUT2D eigenvalue weighted by Gasteiger charge is -2.07. The number of anilines is 1. The highest BCUT2D eigenvalue weighted by atomic mass is 35.5. The molecule has 0 fully saturated rings. The fourth-order valence-electron chi connectivity index (χ4n) is 1.40. The molecule has 2 aromatic rings. The third-order valence-electron chi connectivity index (χ3n) is 2.14. The fraction of sp³-hybridized carbons (Fsp3) is 0.444. The van der Waals surface area contributed by atoms with Gasteiger partial charge in [0.2, 0.25) is 0 Å². The minimum Gasteiger partial charge on any atom is -0.370 e. The Hall–Kier alpha value is -1.21. The zero-order valence-electron chi connectivity index (χ0n) is 9.26. The summed E-state index contributed by atoms with van der Waals surface area (Å²) in [5, 5.41) is 7.57. The van der Waals surface area contributed by atoms with Gasteiger partial charge in [0.05, 0.1) is 0 Å². The average molecular weight is 274 g/mol. The minimum atomic E-state index is -0.760. The van der Waals surface area contributed by atoms with Gasteiger partial charge in [-0.3, -0.25) is 4.21 Å². The van der Waals surface area contributed by atoms with E-state index in [9.17, 15) is 4.21 Å². The van der Waals surface area contributed by atoms with Crippen molar-refractivity contribution in [3.8, 4) is 0 Å². The van der Waals surface area contributed by atoms with Crippen LogP contribution in [0.2, 0.25) is 5.15 Å². The Morgan fingerprint density at radius 1 is 1.59 bits per heavy atom. The maximum Gasteiger partial charge on any atom is 0.255 e. The highest BCUT2D eigenvalue weighted by Crippen LogP contribution is 2.14. The van der Waals surface area contributed by atoms with Gasteiger partial charge in [-0.05, 0) is 6.42 Å². The molecule has 0 saturated carbocycles. The Kier molecular flexibility index (Phi) is 3.90. The van der Waals surface area contributed by atoms with Gasteiger partial charge >= 0.3 is 0 Å². The van der Waals surface area contributed by atoms with Gasteiger partial charge in [0.15, 0.2) is 0 Å². The largest absolute Gasteiger partial charge is 0.370 e. The first kappa shape index (κ1) is 12.3. The van der Waals surface area contributed by atoms with E-state index in [2.05, 4.69) is 20.4 Å². The van der Waals surface area contributed by atoms with Crippen LogP contribution < -0.4 is 5.32 Å². The van der Waals surface area contributed by atoms with Crippen LogP contribution in [0.1, 0.15) is 6.42 Å². The molecule has 2 aromatic heterocycles. The number of aromatic nitrogens is 4. The molecule has 0 bridgehead atoms. The maximum absolute atomic E-state index is 10.9. The number of nitrogens with zero attached hydrogens (tertiary/aromatic N) is 4. The van der Waals surface area contributed by atoms with Crippen molar-refractivity contribution in [2.75, 3.05) is 23.9 Å².